The molecule has 1 fully saturated rings. The van der Waals surface area contributed by atoms with Gasteiger partial charge in [0.15, 0.2) is 0 Å². The molecular formula is C15H16F3N3O. The number of hydrogen-bond acceptors (Lipinski definition) is 4. The Labute approximate surface area is 125 Å². The van der Waals surface area contributed by atoms with Crippen molar-refractivity contribution in [2.75, 3.05) is 18.0 Å². The highest BCUT2D eigenvalue weighted by Gasteiger charge is 2.36. The monoisotopic (exact) mass is 311 g/mol. The molecule has 0 saturated carbocycles. The van der Waals surface area contributed by atoms with Crippen molar-refractivity contribution >= 4 is 16.7 Å². The third kappa shape index (κ3) is 2.85. The quantitative estimate of drug-likeness (QED) is 0.810. The molecule has 118 valence electrons. The van der Waals surface area contributed by atoms with E-state index in [1.807, 2.05) is 18.7 Å². The van der Waals surface area contributed by atoms with Crippen LogP contribution in [0.5, 0.6) is 0 Å². The van der Waals surface area contributed by atoms with Crippen LogP contribution in [0.4, 0.5) is 19.0 Å². The number of fused-ring (bicyclic) bond motifs is 1. The Hall–Kier alpha value is -1.89. The summed E-state index contributed by atoms with van der Waals surface area (Å²) >= 11 is 0. The fraction of sp³-hybridized carbons (Fsp3) is 0.467. The average Bonchev–Trinajstić information content (AvgIpc) is 2.44. The van der Waals surface area contributed by atoms with Gasteiger partial charge < -0.3 is 9.64 Å². The van der Waals surface area contributed by atoms with Gasteiger partial charge in [0.05, 0.1) is 17.7 Å². The summed E-state index contributed by atoms with van der Waals surface area (Å²) in [7, 11) is 0. The molecule has 0 unspecified atom stereocenters. The Bertz CT molecular complexity index is 679. The number of alkyl halides is 3. The first-order valence-electron chi connectivity index (χ1n) is 7.09. The van der Waals surface area contributed by atoms with E-state index in [4.69, 9.17) is 4.74 Å². The molecule has 2 heterocycles. The Balaban J connectivity index is 2.14. The van der Waals surface area contributed by atoms with Crippen LogP contribution in [0.25, 0.3) is 10.9 Å². The minimum Gasteiger partial charge on any atom is -0.372 e. The van der Waals surface area contributed by atoms with Crippen LogP contribution in [0.1, 0.15) is 19.7 Å². The smallest absolute Gasteiger partial charge is 0.372 e. The number of hydrogen-bond donors (Lipinski definition) is 0. The largest absolute Gasteiger partial charge is 0.451 e. The number of halogens is 3. The van der Waals surface area contributed by atoms with Crippen LogP contribution in [0.2, 0.25) is 0 Å². The van der Waals surface area contributed by atoms with Crippen molar-refractivity contribution < 1.29 is 17.9 Å². The first kappa shape index (κ1) is 15.0. The number of ether oxygens (including phenoxy) is 1. The predicted octanol–water partition coefficient (Wildman–Crippen LogP) is 3.26. The van der Waals surface area contributed by atoms with Gasteiger partial charge in [-0.25, -0.2) is 9.97 Å². The van der Waals surface area contributed by atoms with Crippen LogP contribution in [-0.2, 0) is 10.9 Å². The van der Waals surface area contributed by atoms with E-state index in [0.29, 0.717) is 29.8 Å². The zero-order valence-corrected chi connectivity index (χ0v) is 12.3. The lowest BCUT2D eigenvalue weighted by atomic mass is 10.2. The lowest BCUT2D eigenvalue weighted by molar-refractivity contribution is -0.144. The van der Waals surface area contributed by atoms with Crippen molar-refractivity contribution in [2.24, 2.45) is 0 Å². The highest BCUT2D eigenvalue weighted by molar-refractivity contribution is 5.89. The molecule has 7 heteroatoms. The maximum Gasteiger partial charge on any atom is 0.451 e. The molecule has 1 aliphatic rings. The number of anilines is 1. The molecule has 2 aromatic rings. The summed E-state index contributed by atoms with van der Waals surface area (Å²) in [6.07, 6.45) is -4.69. The van der Waals surface area contributed by atoms with Crippen molar-refractivity contribution in [3.8, 4) is 0 Å². The number of morpholine rings is 1. The summed E-state index contributed by atoms with van der Waals surface area (Å²) in [5, 5.41) is 0.622. The van der Waals surface area contributed by atoms with Gasteiger partial charge in [0.2, 0.25) is 5.82 Å². The summed E-state index contributed by atoms with van der Waals surface area (Å²) in [6.45, 7) is 4.80. The predicted molar refractivity (Wildman–Crippen MR) is 76.8 cm³/mol. The van der Waals surface area contributed by atoms with Crippen LogP contribution in [0.3, 0.4) is 0 Å². The van der Waals surface area contributed by atoms with Crippen molar-refractivity contribution in [3.63, 3.8) is 0 Å². The van der Waals surface area contributed by atoms with Gasteiger partial charge in [-0.15, -0.1) is 0 Å². The van der Waals surface area contributed by atoms with E-state index >= 15 is 0 Å². The zero-order valence-electron chi connectivity index (χ0n) is 12.3. The SMILES string of the molecule is C[C@@H]1CN(c2nc(C(F)(F)F)nc3ccccc23)C[C@@H](C)O1. The standard InChI is InChI=1S/C15H16F3N3O/c1-9-7-21(8-10(2)22-9)13-11-5-3-4-6-12(11)19-14(20-13)15(16,17)18/h3-6,9-10H,7-8H2,1-2H3/t9-,10-/m1/s1. The lowest BCUT2D eigenvalue weighted by Gasteiger charge is -2.36. The second-order valence-electron chi connectivity index (χ2n) is 5.55. The Morgan fingerprint density at radius 2 is 1.73 bits per heavy atom. The van der Waals surface area contributed by atoms with Gasteiger partial charge >= 0.3 is 6.18 Å². The molecule has 22 heavy (non-hydrogen) atoms. The number of aromatic nitrogens is 2. The number of para-hydroxylation sites is 1. The second kappa shape index (κ2) is 5.39. The minimum absolute atomic E-state index is 0.0631. The molecule has 2 atom stereocenters. The van der Waals surface area contributed by atoms with Crippen LogP contribution in [-0.4, -0.2) is 35.3 Å². The third-order valence-electron chi connectivity index (χ3n) is 3.56. The molecule has 1 aromatic heterocycles. The molecule has 1 aromatic carbocycles. The van der Waals surface area contributed by atoms with Crippen LogP contribution < -0.4 is 4.90 Å². The van der Waals surface area contributed by atoms with Crippen molar-refractivity contribution in [2.45, 2.75) is 32.2 Å². The molecule has 0 spiro atoms. The first-order valence-corrected chi connectivity index (χ1v) is 7.09. The number of benzene rings is 1. The summed E-state index contributed by atoms with van der Waals surface area (Å²) in [6, 6.07) is 6.76. The molecule has 0 N–H and O–H groups in total. The lowest BCUT2D eigenvalue weighted by Crippen LogP contribution is -2.46. The second-order valence-corrected chi connectivity index (χ2v) is 5.55. The van der Waals surface area contributed by atoms with Crippen molar-refractivity contribution in [1.29, 1.82) is 0 Å². The summed E-state index contributed by atoms with van der Waals surface area (Å²) in [4.78, 5) is 9.29. The fourth-order valence-corrected chi connectivity index (χ4v) is 2.78. The van der Waals surface area contributed by atoms with Gasteiger partial charge in [-0.05, 0) is 26.0 Å². The van der Waals surface area contributed by atoms with E-state index in [9.17, 15) is 13.2 Å². The Morgan fingerprint density at radius 3 is 2.36 bits per heavy atom. The van der Waals surface area contributed by atoms with Crippen LogP contribution >= 0.6 is 0 Å². The van der Waals surface area contributed by atoms with Gasteiger partial charge in [0.1, 0.15) is 5.82 Å². The maximum atomic E-state index is 13.0. The van der Waals surface area contributed by atoms with E-state index in [1.54, 1.807) is 24.3 Å². The van der Waals surface area contributed by atoms with E-state index in [2.05, 4.69) is 9.97 Å². The molecule has 1 saturated heterocycles. The number of nitrogens with zero attached hydrogens (tertiary/aromatic N) is 3. The molecule has 4 nitrogen and oxygen atoms in total. The normalized spacial score (nSPS) is 23.0. The minimum atomic E-state index is -4.57. The van der Waals surface area contributed by atoms with Crippen molar-refractivity contribution in [1.82, 2.24) is 9.97 Å². The molecule has 0 radical (unpaired) electrons. The summed E-state index contributed by atoms with van der Waals surface area (Å²) in [5.41, 5.74) is 0.298. The molecular weight excluding hydrogens is 295 g/mol. The highest BCUT2D eigenvalue weighted by Crippen LogP contribution is 2.32. The average molecular weight is 311 g/mol. The molecule has 0 bridgehead atoms. The molecule has 0 amide bonds. The van der Waals surface area contributed by atoms with Gasteiger partial charge in [-0.1, -0.05) is 12.1 Å². The van der Waals surface area contributed by atoms with Gasteiger partial charge in [-0.2, -0.15) is 13.2 Å². The van der Waals surface area contributed by atoms with Gasteiger partial charge in [0.25, 0.3) is 0 Å². The molecule has 0 aliphatic carbocycles. The highest BCUT2D eigenvalue weighted by atomic mass is 19.4. The Morgan fingerprint density at radius 1 is 1.09 bits per heavy atom. The van der Waals surface area contributed by atoms with E-state index < -0.39 is 12.0 Å². The summed E-state index contributed by atoms with van der Waals surface area (Å²) < 4.78 is 44.8. The van der Waals surface area contributed by atoms with Crippen LogP contribution in [0, 0.1) is 0 Å². The van der Waals surface area contributed by atoms with Crippen LogP contribution in [0.15, 0.2) is 24.3 Å². The van der Waals surface area contributed by atoms with Crippen molar-refractivity contribution in [3.05, 3.63) is 30.1 Å². The Kier molecular flexibility index (Phi) is 3.68. The van der Waals surface area contributed by atoms with E-state index in [-0.39, 0.29) is 12.2 Å². The van der Waals surface area contributed by atoms with E-state index in [1.165, 1.54) is 0 Å². The molecule has 3 rings (SSSR count). The zero-order chi connectivity index (χ0) is 15.9. The fourth-order valence-electron chi connectivity index (χ4n) is 2.78. The number of rotatable bonds is 1. The molecule has 1 aliphatic heterocycles. The topological polar surface area (TPSA) is 38.2 Å². The van der Waals surface area contributed by atoms with E-state index in [0.717, 1.165) is 0 Å². The van der Waals surface area contributed by atoms with Gasteiger partial charge in [0, 0.05) is 18.5 Å². The first-order chi connectivity index (χ1) is 10.3. The van der Waals surface area contributed by atoms with Gasteiger partial charge in [-0.3, -0.25) is 0 Å². The maximum absolute atomic E-state index is 13.0. The third-order valence-corrected chi connectivity index (χ3v) is 3.56. The summed E-state index contributed by atoms with van der Waals surface area (Å²) in [5.74, 6) is -0.784.